The molecule has 3 heterocycles. The highest BCUT2D eigenvalue weighted by atomic mass is 19.1. The number of hydrogen-bond acceptors (Lipinski definition) is 7. The Hall–Kier alpha value is -4.28. The van der Waals surface area contributed by atoms with E-state index in [-0.39, 0.29) is 29.8 Å². The molecule has 1 aliphatic rings. The molecule has 1 saturated heterocycles. The lowest BCUT2D eigenvalue weighted by atomic mass is 9.93. The van der Waals surface area contributed by atoms with E-state index in [4.69, 9.17) is 9.15 Å². The average Bonchev–Trinajstić information content (AvgIpc) is 3.57. The first kappa shape index (κ1) is 20.6. The van der Waals surface area contributed by atoms with Crippen molar-refractivity contribution in [1.29, 1.82) is 0 Å². The molecule has 9 nitrogen and oxygen atoms in total. The number of nitrogens with one attached hydrogen (secondary N) is 2. The van der Waals surface area contributed by atoms with Gasteiger partial charge in [0.2, 0.25) is 11.8 Å². The van der Waals surface area contributed by atoms with Crippen LogP contribution < -0.4 is 15.4 Å². The van der Waals surface area contributed by atoms with Crippen LogP contribution in [0.5, 0.6) is 5.75 Å². The second-order valence-corrected chi connectivity index (χ2v) is 7.39. The smallest absolute Gasteiger partial charge is 0.316 e. The van der Waals surface area contributed by atoms with Crippen molar-refractivity contribution in [2.75, 3.05) is 19.0 Å². The Balaban J connectivity index is 1.36. The normalized spacial score (nSPS) is 17.7. The van der Waals surface area contributed by atoms with Gasteiger partial charge in [-0.2, -0.15) is 5.10 Å². The van der Waals surface area contributed by atoms with Gasteiger partial charge in [0, 0.05) is 48.1 Å². The lowest BCUT2D eigenvalue weighted by molar-refractivity contribution is -0.119. The SMILES string of the molecule is COc1cc(F)c(C2CNC(=O)[C@@H]2Nc2nnc(-c3ccc(-n4cccn4)cc3)o2)c(F)c1. The summed E-state index contributed by atoms with van der Waals surface area (Å²) in [6.45, 7) is 0.0482. The number of ether oxygens (including phenoxy) is 1. The van der Waals surface area contributed by atoms with E-state index in [0.717, 1.165) is 17.8 Å². The molecule has 5 rings (SSSR count). The maximum absolute atomic E-state index is 14.6. The number of amides is 1. The van der Waals surface area contributed by atoms with Gasteiger partial charge in [0.25, 0.3) is 0 Å². The maximum Gasteiger partial charge on any atom is 0.316 e. The topological polar surface area (TPSA) is 107 Å². The molecule has 0 aliphatic carbocycles. The maximum atomic E-state index is 14.6. The molecular formula is C22H18F2N6O3. The van der Waals surface area contributed by atoms with Gasteiger partial charge in [0.1, 0.15) is 23.4 Å². The minimum atomic E-state index is -1.00. The Kier molecular flexibility index (Phi) is 5.21. The van der Waals surface area contributed by atoms with Crippen LogP contribution in [0.25, 0.3) is 17.1 Å². The van der Waals surface area contributed by atoms with Crippen LogP contribution in [0.1, 0.15) is 11.5 Å². The summed E-state index contributed by atoms with van der Waals surface area (Å²) in [6, 6.07) is 10.2. The van der Waals surface area contributed by atoms with Gasteiger partial charge in [0.15, 0.2) is 0 Å². The van der Waals surface area contributed by atoms with Crippen LogP contribution in [-0.4, -0.2) is 45.6 Å². The Bertz CT molecular complexity index is 1270. The fourth-order valence-corrected chi connectivity index (χ4v) is 3.80. The summed E-state index contributed by atoms with van der Waals surface area (Å²) in [5.41, 5.74) is 1.29. The van der Waals surface area contributed by atoms with Gasteiger partial charge in [-0.3, -0.25) is 4.79 Å². The van der Waals surface area contributed by atoms with Crippen LogP contribution in [0.15, 0.2) is 59.3 Å². The van der Waals surface area contributed by atoms with Crippen LogP contribution in [0.2, 0.25) is 0 Å². The average molecular weight is 452 g/mol. The fraction of sp³-hybridized carbons (Fsp3) is 0.182. The Morgan fingerprint density at radius 2 is 1.94 bits per heavy atom. The minimum absolute atomic E-state index is 0.0393. The first-order valence-corrected chi connectivity index (χ1v) is 10.0. The van der Waals surface area contributed by atoms with E-state index in [2.05, 4.69) is 25.9 Å². The van der Waals surface area contributed by atoms with Gasteiger partial charge in [-0.25, -0.2) is 13.5 Å². The van der Waals surface area contributed by atoms with E-state index < -0.39 is 29.5 Å². The van der Waals surface area contributed by atoms with Gasteiger partial charge in [-0.05, 0) is 30.3 Å². The van der Waals surface area contributed by atoms with Gasteiger partial charge in [-0.15, -0.1) is 5.10 Å². The van der Waals surface area contributed by atoms with E-state index in [1.54, 1.807) is 23.0 Å². The molecule has 0 saturated carbocycles. The fourth-order valence-electron chi connectivity index (χ4n) is 3.80. The van der Waals surface area contributed by atoms with E-state index in [9.17, 15) is 13.6 Å². The molecule has 33 heavy (non-hydrogen) atoms. The summed E-state index contributed by atoms with van der Waals surface area (Å²) in [5, 5.41) is 17.5. The third-order valence-electron chi connectivity index (χ3n) is 5.43. The third kappa shape index (κ3) is 3.88. The van der Waals surface area contributed by atoms with E-state index in [1.165, 1.54) is 7.11 Å². The van der Waals surface area contributed by atoms with Crippen molar-refractivity contribution in [3.8, 4) is 22.9 Å². The molecule has 1 unspecified atom stereocenters. The zero-order chi connectivity index (χ0) is 22.9. The standard InChI is InChI=1S/C22H18F2N6O3/c1-32-14-9-16(23)18(17(24)10-14)15-11-25-20(31)19(15)27-22-29-28-21(33-22)12-3-5-13(6-4-12)30-8-2-7-26-30/h2-10,15,19H,11H2,1H3,(H,25,31)(H,27,29)/t15?,19-/m1/s1. The molecule has 2 atom stereocenters. The summed E-state index contributed by atoms with van der Waals surface area (Å²) >= 11 is 0. The zero-order valence-electron chi connectivity index (χ0n) is 17.3. The number of hydrogen-bond donors (Lipinski definition) is 2. The van der Waals surface area contributed by atoms with Gasteiger partial charge >= 0.3 is 6.01 Å². The van der Waals surface area contributed by atoms with E-state index in [0.29, 0.717) is 5.56 Å². The van der Waals surface area contributed by atoms with Crippen LogP contribution in [0, 0.1) is 11.6 Å². The lowest BCUT2D eigenvalue weighted by Crippen LogP contribution is -2.33. The highest BCUT2D eigenvalue weighted by molar-refractivity contribution is 5.88. The van der Waals surface area contributed by atoms with Gasteiger partial charge in [-0.1, -0.05) is 5.10 Å². The molecule has 1 amide bonds. The van der Waals surface area contributed by atoms with Crippen molar-refractivity contribution in [3.05, 3.63) is 72.1 Å². The van der Waals surface area contributed by atoms with E-state index >= 15 is 0 Å². The first-order valence-electron chi connectivity index (χ1n) is 10.0. The number of methoxy groups -OCH3 is 1. The number of halogens is 2. The Labute approximate surface area is 186 Å². The predicted octanol–water partition coefficient (Wildman–Crippen LogP) is 2.90. The highest BCUT2D eigenvalue weighted by Crippen LogP contribution is 2.33. The van der Waals surface area contributed by atoms with Crippen molar-refractivity contribution in [3.63, 3.8) is 0 Å². The van der Waals surface area contributed by atoms with Crippen molar-refractivity contribution in [2.45, 2.75) is 12.0 Å². The van der Waals surface area contributed by atoms with Crippen molar-refractivity contribution in [1.82, 2.24) is 25.3 Å². The zero-order valence-corrected chi connectivity index (χ0v) is 17.3. The summed E-state index contributed by atoms with van der Waals surface area (Å²) in [6.07, 6.45) is 3.50. The van der Waals surface area contributed by atoms with Crippen LogP contribution in [0.3, 0.4) is 0 Å². The summed E-state index contributed by atoms with van der Waals surface area (Å²) < 4.78 is 41.5. The molecular weight excluding hydrogens is 434 g/mol. The number of carbonyl (C=O) groups is 1. The number of nitrogens with zero attached hydrogens (tertiary/aromatic N) is 4. The molecule has 168 valence electrons. The van der Waals surface area contributed by atoms with E-state index in [1.807, 2.05) is 24.4 Å². The second-order valence-electron chi connectivity index (χ2n) is 7.39. The molecule has 4 aromatic rings. The van der Waals surface area contributed by atoms with Gasteiger partial charge in [0.05, 0.1) is 12.8 Å². The van der Waals surface area contributed by atoms with Crippen LogP contribution >= 0.6 is 0 Å². The number of anilines is 1. The van der Waals surface area contributed by atoms with Crippen LogP contribution in [-0.2, 0) is 4.79 Å². The largest absolute Gasteiger partial charge is 0.497 e. The second kappa shape index (κ2) is 8.34. The van der Waals surface area contributed by atoms with Crippen molar-refractivity contribution in [2.24, 2.45) is 0 Å². The van der Waals surface area contributed by atoms with Crippen molar-refractivity contribution >= 4 is 11.9 Å². The highest BCUT2D eigenvalue weighted by Gasteiger charge is 2.40. The van der Waals surface area contributed by atoms with Crippen molar-refractivity contribution < 1.29 is 22.7 Å². The molecule has 0 spiro atoms. The molecule has 2 aromatic heterocycles. The molecule has 0 bridgehead atoms. The quantitative estimate of drug-likeness (QED) is 0.463. The Morgan fingerprint density at radius 1 is 1.18 bits per heavy atom. The first-order chi connectivity index (χ1) is 16.0. The Morgan fingerprint density at radius 3 is 2.61 bits per heavy atom. The molecule has 1 aliphatic heterocycles. The lowest BCUT2D eigenvalue weighted by Gasteiger charge is -2.19. The summed E-state index contributed by atoms with van der Waals surface area (Å²) in [5.74, 6) is -2.59. The number of carbonyl (C=O) groups excluding carboxylic acids is 1. The van der Waals surface area contributed by atoms with Crippen LogP contribution in [0.4, 0.5) is 14.8 Å². The minimum Gasteiger partial charge on any atom is -0.497 e. The van der Waals surface area contributed by atoms with Gasteiger partial charge < -0.3 is 19.8 Å². The molecule has 0 radical (unpaired) electrons. The molecule has 1 fully saturated rings. The summed E-state index contributed by atoms with van der Waals surface area (Å²) in [7, 11) is 1.32. The number of rotatable bonds is 6. The third-order valence-corrected chi connectivity index (χ3v) is 5.43. The number of aromatic nitrogens is 4. The molecule has 11 heteroatoms. The number of benzene rings is 2. The molecule has 2 aromatic carbocycles. The summed E-state index contributed by atoms with van der Waals surface area (Å²) in [4.78, 5) is 12.4. The molecule has 2 N–H and O–H groups in total. The monoisotopic (exact) mass is 452 g/mol. The predicted molar refractivity (Wildman–Crippen MR) is 113 cm³/mol.